The van der Waals surface area contributed by atoms with Crippen LogP contribution in [0.5, 0.6) is 0 Å². The second kappa shape index (κ2) is 5.05. The first-order valence-corrected chi connectivity index (χ1v) is 6.44. The summed E-state index contributed by atoms with van der Waals surface area (Å²) in [5, 5.41) is 0. The average Bonchev–Trinajstić information content (AvgIpc) is 2.90. The van der Waals surface area contributed by atoms with E-state index in [1.165, 1.54) is 11.3 Å². The molecule has 1 atom stereocenters. The van der Waals surface area contributed by atoms with Crippen LogP contribution in [0.1, 0.15) is 47.1 Å². The molecular weight excluding hydrogens is 214 g/mol. The van der Waals surface area contributed by atoms with Gasteiger partial charge in [-0.3, -0.25) is 4.79 Å². The Morgan fingerprint density at radius 3 is 2.65 bits per heavy atom. The van der Waals surface area contributed by atoms with Crippen LogP contribution in [0.25, 0.3) is 0 Å². The van der Waals surface area contributed by atoms with Gasteiger partial charge < -0.3 is 9.30 Å². The van der Waals surface area contributed by atoms with Crippen LogP contribution in [0.4, 0.5) is 0 Å². The summed E-state index contributed by atoms with van der Waals surface area (Å²) < 4.78 is 7.92. The molecule has 3 heteroatoms. The van der Waals surface area contributed by atoms with Gasteiger partial charge in [-0.15, -0.1) is 0 Å². The Labute approximate surface area is 103 Å². The van der Waals surface area contributed by atoms with Crippen LogP contribution in [0.3, 0.4) is 0 Å². The van der Waals surface area contributed by atoms with Gasteiger partial charge in [0.2, 0.25) is 0 Å². The minimum atomic E-state index is 0.323. The smallest absolute Gasteiger partial charge is 0.152 e. The van der Waals surface area contributed by atoms with E-state index in [-0.39, 0.29) is 0 Å². The number of ether oxygens (including phenoxy) is 1. The summed E-state index contributed by atoms with van der Waals surface area (Å²) in [7, 11) is 0. The Balaban J connectivity index is 2.32. The molecule has 1 aromatic rings. The second-order valence-corrected chi connectivity index (χ2v) is 4.78. The maximum Gasteiger partial charge on any atom is 0.152 e. The number of aromatic nitrogens is 1. The third kappa shape index (κ3) is 2.16. The Kier molecular flexibility index (Phi) is 3.67. The van der Waals surface area contributed by atoms with E-state index >= 15 is 0 Å². The van der Waals surface area contributed by atoms with Gasteiger partial charge in [0, 0.05) is 30.1 Å². The minimum absolute atomic E-state index is 0.323. The monoisotopic (exact) mass is 235 g/mol. The van der Waals surface area contributed by atoms with Crippen LogP contribution in [-0.2, 0) is 17.7 Å². The predicted molar refractivity (Wildman–Crippen MR) is 67.6 cm³/mol. The zero-order valence-electron chi connectivity index (χ0n) is 11.0. The summed E-state index contributed by atoms with van der Waals surface area (Å²) >= 11 is 0. The number of hydrogen-bond donors (Lipinski definition) is 0. The average molecular weight is 235 g/mol. The molecule has 0 aromatic carbocycles. The first-order valence-electron chi connectivity index (χ1n) is 6.44. The lowest BCUT2D eigenvalue weighted by molar-refractivity contribution is 0.0960. The van der Waals surface area contributed by atoms with Crippen LogP contribution >= 0.6 is 0 Å². The molecule has 0 N–H and O–H groups in total. The number of carbonyl (C=O) groups excluding carboxylic acids is 1. The van der Waals surface area contributed by atoms with E-state index in [2.05, 4.69) is 18.4 Å². The number of rotatable bonds is 4. The molecule has 1 saturated heterocycles. The standard InChI is InChI=1S/C14H21NO2/c1-4-13-10(2)15(11(3)14(13)9-16)8-12-6-5-7-17-12/h9,12H,4-8H2,1-3H3. The molecule has 2 heterocycles. The third-order valence-corrected chi connectivity index (χ3v) is 3.84. The molecule has 3 nitrogen and oxygen atoms in total. The summed E-state index contributed by atoms with van der Waals surface area (Å²) in [6.07, 6.45) is 4.52. The molecule has 94 valence electrons. The lowest BCUT2D eigenvalue weighted by Crippen LogP contribution is -2.17. The molecule has 1 aromatic heterocycles. The SMILES string of the molecule is CCc1c(C=O)c(C)n(CC2CCCO2)c1C. The van der Waals surface area contributed by atoms with Crippen molar-refractivity contribution in [2.75, 3.05) is 6.61 Å². The maximum atomic E-state index is 11.2. The molecule has 2 rings (SSSR count). The fraction of sp³-hybridized carbons (Fsp3) is 0.643. The van der Waals surface area contributed by atoms with Crippen LogP contribution < -0.4 is 0 Å². The molecule has 0 aliphatic carbocycles. The highest BCUT2D eigenvalue weighted by atomic mass is 16.5. The van der Waals surface area contributed by atoms with E-state index in [0.717, 1.165) is 50.0 Å². The molecule has 17 heavy (non-hydrogen) atoms. The van der Waals surface area contributed by atoms with Gasteiger partial charge in [0.05, 0.1) is 6.10 Å². The zero-order valence-corrected chi connectivity index (χ0v) is 11.0. The molecule has 0 spiro atoms. The fourth-order valence-corrected chi connectivity index (χ4v) is 2.84. The molecule has 0 bridgehead atoms. The Hall–Kier alpha value is -1.09. The van der Waals surface area contributed by atoms with E-state index in [4.69, 9.17) is 4.74 Å². The van der Waals surface area contributed by atoms with Crippen LogP contribution in [0.15, 0.2) is 0 Å². The molecule has 1 aliphatic rings. The van der Waals surface area contributed by atoms with Crippen molar-refractivity contribution in [3.05, 3.63) is 22.5 Å². The van der Waals surface area contributed by atoms with E-state index in [1.54, 1.807) is 0 Å². The maximum absolute atomic E-state index is 11.2. The fourth-order valence-electron chi connectivity index (χ4n) is 2.84. The summed E-state index contributed by atoms with van der Waals surface area (Å²) in [4.78, 5) is 11.2. The highest BCUT2D eigenvalue weighted by Gasteiger charge is 2.21. The van der Waals surface area contributed by atoms with Crippen molar-refractivity contribution < 1.29 is 9.53 Å². The summed E-state index contributed by atoms with van der Waals surface area (Å²) in [6, 6.07) is 0. The highest BCUT2D eigenvalue weighted by molar-refractivity contribution is 5.80. The second-order valence-electron chi connectivity index (χ2n) is 4.78. The van der Waals surface area contributed by atoms with Crippen molar-refractivity contribution in [2.45, 2.75) is 52.7 Å². The Bertz CT molecular complexity index is 414. The summed E-state index contributed by atoms with van der Waals surface area (Å²) in [5.41, 5.74) is 4.38. The van der Waals surface area contributed by atoms with Crippen molar-refractivity contribution >= 4 is 6.29 Å². The van der Waals surface area contributed by atoms with Gasteiger partial charge in [-0.25, -0.2) is 0 Å². The van der Waals surface area contributed by atoms with E-state index in [1.807, 2.05) is 6.92 Å². The van der Waals surface area contributed by atoms with E-state index in [9.17, 15) is 4.79 Å². The van der Waals surface area contributed by atoms with E-state index in [0.29, 0.717) is 6.10 Å². The lowest BCUT2D eigenvalue weighted by Gasteiger charge is -2.14. The van der Waals surface area contributed by atoms with Gasteiger partial charge in [0.1, 0.15) is 0 Å². The van der Waals surface area contributed by atoms with Gasteiger partial charge in [-0.2, -0.15) is 0 Å². The highest BCUT2D eigenvalue weighted by Crippen LogP contribution is 2.24. The van der Waals surface area contributed by atoms with Gasteiger partial charge >= 0.3 is 0 Å². The van der Waals surface area contributed by atoms with Crippen LogP contribution in [0, 0.1) is 13.8 Å². The predicted octanol–water partition coefficient (Wildman–Crippen LogP) is 2.66. The van der Waals surface area contributed by atoms with Crippen LogP contribution in [0.2, 0.25) is 0 Å². The van der Waals surface area contributed by atoms with Crippen molar-refractivity contribution in [1.29, 1.82) is 0 Å². The molecule has 0 radical (unpaired) electrons. The molecular formula is C14H21NO2. The minimum Gasteiger partial charge on any atom is -0.376 e. The topological polar surface area (TPSA) is 31.2 Å². The van der Waals surface area contributed by atoms with Gasteiger partial charge in [-0.05, 0) is 38.7 Å². The van der Waals surface area contributed by atoms with Crippen molar-refractivity contribution in [3.63, 3.8) is 0 Å². The third-order valence-electron chi connectivity index (χ3n) is 3.84. The van der Waals surface area contributed by atoms with Crippen molar-refractivity contribution in [2.24, 2.45) is 0 Å². The molecule has 1 fully saturated rings. The Morgan fingerprint density at radius 2 is 2.18 bits per heavy atom. The molecule has 1 aliphatic heterocycles. The normalized spacial score (nSPS) is 19.8. The quantitative estimate of drug-likeness (QED) is 0.751. The molecule has 0 amide bonds. The first kappa shape index (κ1) is 12.4. The number of aldehydes is 1. The molecule has 0 saturated carbocycles. The van der Waals surface area contributed by atoms with Gasteiger partial charge in [0.15, 0.2) is 6.29 Å². The molecule has 1 unspecified atom stereocenters. The first-order chi connectivity index (χ1) is 8.19. The number of carbonyl (C=O) groups is 1. The van der Waals surface area contributed by atoms with Crippen molar-refractivity contribution in [3.8, 4) is 0 Å². The zero-order chi connectivity index (χ0) is 12.4. The summed E-state index contributed by atoms with van der Waals surface area (Å²) in [5.74, 6) is 0. The van der Waals surface area contributed by atoms with Gasteiger partial charge in [0.25, 0.3) is 0 Å². The lowest BCUT2D eigenvalue weighted by atomic mass is 10.1. The van der Waals surface area contributed by atoms with E-state index < -0.39 is 0 Å². The van der Waals surface area contributed by atoms with Crippen molar-refractivity contribution in [1.82, 2.24) is 4.57 Å². The Morgan fingerprint density at radius 1 is 1.41 bits per heavy atom. The largest absolute Gasteiger partial charge is 0.376 e. The number of nitrogens with zero attached hydrogens (tertiary/aromatic N) is 1. The number of hydrogen-bond acceptors (Lipinski definition) is 2. The van der Waals surface area contributed by atoms with Crippen LogP contribution in [-0.4, -0.2) is 23.6 Å². The van der Waals surface area contributed by atoms with Gasteiger partial charge in [-0.1, -0.05) is 6.92 Å². The summed E-state index contributed by atoms with van der Waals surface area (Å²) in [6.45, 7) is 8.01.